The minimum absolute atomic E-state index is 0.255. The molecule has 116 valence electrons. The third kappa shape index (κ3) is 4.94. The molecular formula is C15H29N3O2. The van der Waals surface area contributed by atoms with Crippen LogP contribution in [0.25, 0.3) is 0 Å². The average molecular weight is 283 g/mol. The van der Waals surface area contributed by atoms with Crippen molar-refractivity contribution in [2.24, 2.45) is 17.6 Å². The molecule has 0 bridgehead atoms. The molecule has 2 rings (SSSR count). The molecular weight excluding hydrogens is 254 g/mol. The summed E-state index contributed by atoms with van der Waals surface area (Å²) in [6, 6.07) is 0.255. The highest BCUT2D eigenvalue weighted by atomic mass is 16.6. The number of hydrogen-bond donors (Lipinski definition) is 2. The van der Waals surface area contributed by atoms with Gasteiger partial charge in [0.15, 0.2) is 0 Å². The van der Waals surface area contributed by atoms with Gasteiger partial charge in [-0.05, 0) is 58.4 Å². The number of likely N-dealkylation sites (tertiary alicyclic amines) is 1. The summed E-state index contributed by atoms with van der Waals surface area (Å²) in [5.41, 5.74) is 5.25. The van der Waals surface area contributed by atoms with Gasteiger partial charge in [0.1, 0.15) is 5.60 Å². The van der Waals surface area contributed by atoms with Crippen LogP contribution in [0.3, 0.4) is 0 Å². The Kier molecular flexibility index (Phi) is 4.91. The van der Waals surface area contributed by atoms with Gasteiger partial charge in [0, 0.05) is 25.7 Å². The molecule has 1 saturated heterocycles. The van der Waals surface area contributed by atoms with E-state index < -0.39 is 5.60 Å². The molecule has 5 heteroatoms. The van der Waals surface area contributed by atoms with Gasteiger partial charge < -0.3 is 20.7 Å². The molecule has 5 nitrogen and oxygen atoms in total. The summed E-state index contributed by atoms with van der Waals surface area (Å²) < 4.78 is 5.29. The number of carbonyl (C=O) groups is 1. The molecule has 20 heavy (non-hydrogen) atoms. The first-order valence-electron chi connectivity index (χ1n) is 7.79. The van der Waals surface area contributed by atoms with Crippen LogP contribution in [0.1, 0.15) is 40.0 Å². The van der Waals surface area contributed by atoms with Gasteiger partial charge in [-0.1, -0.05) is 0 Å². The summed E-state index contributed by atoms with van der Waals surface area (Å²) in [6.45, 7) is 9.81. The number of rotatable bonds is 4. The zero-order chi connectivity index (χ0) is 14.8. The summed E-state index contributed by atoms with van der Waals surface area (Å²) in [5, 5.41) is 2.98. The van der Waals surface area contributed by atoms with E-state index in [-0.39, 0.29) is 12.1 Å². The summed E-state index contributed by atoms with van der Waals surface area (Å²) in [6.07, 6.45) is 3.03. The molecule has 1 unspecified atom stereocenters. The molecule has 1 saturated carbocycles. The number of nitrogens with two attached hydrogens (primary N) is 1. The molecule has 0 spiro atoms. The fourth-order valence-electron chi connectivity index (χ4n) is 2.89. The Hall–Kier alpha value is -0.810. The fourth-order valence-corrected chi connectivity index (χ4v) is 2.89. The zero-order valence-electron chi connectivity index (χ0n) is 13.0. The first-order valence-corrected chi connectivity index (χ1v) is 7.79. The van der Waals surface area contributed by atoms with Crippen LogP contribution < -0.4 is 11.1 Å². The Labute approximate surface area is 122 Å². The second-order valence-corrected chi connectivity index (χ2v) is 7.21. The van der Waals surface area contributed by atoms with Crippen LogP contribution in [0.15, 0.2) is 0 Å². The van der Waals surface area contributed by atoms with Crippen LogP contribution >= 0.6 is 0 Å². The average Bonchev–Trinajstić information content (AvgIpc) is 3.07. The lowest BCUT2D eigenvalue weighted by molar-refractivity contribution is 0.0478. The molecule has 2 fully saturated rings. The normalized spacial score (nSPS) is 28.2. The van der Waals surface area contributed by atoms with Crippen LogP contribution in [0.5, 0.6) is 0 Å². The highest BCUT2D eigenvalue weighted by molar-refractivity contribution is 5.68. The van der Waals surface area contributed by atoms with Crippen molar-refractivity contribution in [3.63, 3.8) is 0 Å². The summed E-state index contributed by atoms with van der Waals surface area (Å²) in [4.78, 5) is 14.2. The predicted molar refractivity (Wildman–Crippen MR) is 79.5 cm³/mol. The maximum atomic E-state index is 11.7. The van der Waals surface area contributed by atoms with Crippen LogP contribution in [0.2, 0.25) is 0 Å². The van der Waals surface area contributed by atoms with Gasteiger partial charge in [0.05, 0.1) is 0 Å². The van der Waals surface area contributed by atoms with E-state index in [0.717, 1.165) is 44.3 Å². The van der Waals surface area contributed by atoms with Crippen LogP contribution in [-0.2, 0) is 4.74 Å². The van der Waals surface area contributed by atoms with Crippen molar-refractivity contribution in [1.82, 2.24) is 10.2 Å². The number of hydrogen-bond acceptors (Lipinski definition) is 4. The third-order valence-corrected chi connectivity index (χ3v) is 4.17. The van der Waals surface area contributed by atoms with Gasteiger partial charge in [-0.3, -0.25) is 0 Å². The molecule has 0 aromatic carbocycles. The van der Waals surface area contributed by atoms with Crippen LogP contribution in [0.4, 0.5) is 4.79 Å². The molecule has 3 N–H and O–H groups in total. The Morgan fingerprint density at radius 1 is 1.30 bits per heavy atom. The van der Waals surface area contributed by atoms with E-state index in [2.05, 4.69) is 10.2 Å². The minimum atomic E-state index is -0.423. The van der Waals surface area contributed by atoms with Crippen molar-refractivity contribution in [3.05, 3.63) is 0 Å². The van der Waals surface area contributed by atoms with Crippen molar-refractivity contribution in [2.75, 3.05) is 26.2 Å². The van der Waals surface area contributed by atoms with E-state index >= 15 is 0 Å². The van der Waals surface area contributed by atoms with E-state index in [1.54, 1.807) is 0 Å². The Bertz CT molecular complexity index is 333. The van der Waals surface area contributed by atoms with Crippen molar-refractivity contribution in [2.45, 2.75) is 51.7 Å². The molecule has 2 aliphatic rings. The lowest BCUT2D eigenvalue weighted by atomic mass is 10.0. The lowest BCUT2D eigenvalue weighted by Crippen LogP contribution is -2.46. The number of alkyl carbamates (subject to hydrolysis) is 1. The monoisotopic (exact) mass is 283 g/mol. The van der Waals surface area contributed by atoms with E-state index in [0.29, 0.717) is 0 Å². The second-order valence-electron chi connectivity index (χ2n) is 7.21. The predicted octanol–water partition coefficient (Wildman–Crippen LogP) is 1.57. The largest absolute Gasteiger partial charge is 0.444 e. The second kappa shape index (κ2) is 6.31. The Morgan fingerprint density at radius 3 is 2.45 bits per heavy atom. The van der Waals surface area contributed by atoms with Gasteiger partial charge >= 0.3 is 6.09 Å². The van der Waals surface area contributed by atoms with Gasteiger partial charge in [0.2, 0.25) is 0 Å². The van der Waals surface area contributed by atoms with Crippen LogP contribution in [0, 0.1) is 11.8 Å². The lowest BCUT2D eigenvalue weighted by Gasteiger charge is -2.33. The molecule has 1 heterocycles. The van der Waals surface area contributed by atoms with E-state index in [1.807, 2.05) is 20.8 Å². The third-order valence-electron chi connectivity index (χ3n) is 4.17. The Balaban J connectivity index is 1.63. The molecule has 0 aromatic heterocycles. The van der Waals surface area contributed by atoms with Crippen molar-refractivity contribution < 1.29 is 9.53 Å². The van der Waals surface area contributed by atoms with E-state index in [4.69, 9.17) is 10.5 Å². The first kappa shape index (κ1) is 15.6. The van der Waals surface area contributed by atoms with Crippen molar-refractivity contribution in [1.29, 1.82) is 0 Å². The number of piperidine rings is 1. The summed E-state index contributed by atoms with van der Waals surface area (Å²) in [5.74, 6) is 1.57. The quantitative estimate of drug-likeness (QED) is 0.822. The number of nitrogens with one attached hydrogen (secondary N) is 1. The number of ether oxygens (including phenoxy) is 1. The number of amides is 1. The first-order chi connectivity index (χ1) is 9.37. The highest BCUT2D eigenvalue weighted by Crippen LogP contribution is 2.38. The van der Waals surface area contributed by atoms with Crippen LogP contribution in [-0.4, -0.2) is 48.8 Å². The SMILES string of the molecule is CC(C)(C)OC(=O)NC1CCN(CC2C[C@@H]2CN)CC1. The molecule has 1 aliphatic carbocycles. The molecule has 0 radical (unpaired) electrons. The smallest absolute Gasteiger partial charge is 0.407 e. The van der Waals surface area contributed by atoms with Crippen molar-refractivity contribution in [3.8, 4) is 0 Å². The molecule has 2 atom stereocenters. The maximum absolute atomic E-state index is 11.7. The highest BCUT2D eigenvalue weighted by Gasteiger charge is 2.37. The topological polar surface area (TPSA) is 67.6 Å². The van der Waals surface area contributed by atoms with Gasteiger partial charge in [-0.15, -0.1) is 0 Å². The van der Waals surface area contributed by atoms with Gasteiger partial charge in [-0.25, -0.2) is 4.79 Å². The summed E-state index contributed by atoms with van der Waals surface area (Å²) in [7, 11) is 0. The molecule has 1 aliphatic heterocycles. The van der Waals surface area contributed by atoms with E-state index in [1.165, 1.54) is 13.0 Å². The van der Waals surface area contributed by atoms with Gasteiger partial charge in [-0.2, -0.15) is 0 Å². The van der Waals surface area contributed by atoms with E-state index in [9.17, 15) is 4.79 Å². The minimum Gasteiger partial charge on any atom is -0.444 e. The molecule has 1 amide bonds. The zero-order valence-corrected chi connectivity index (χ0v) is 13.0. The number of carbonyl (C=O) groups excluding carboxylic acids is 1. The van der Waals surface area contributed by atoms with Gasteiger partial charge in [0.25, 0.3) is 0 Å². The number of nitrogens with zero attached hydrogens (tertiary/aromatic N) is 1. The molecule has 0 aromatic rings. The maximum Gasteiger partial charge on any atom is 0.407 e. The standard InChI is InChI=1S/C15H29N3O2/c1-15(2,3)20-14(19)17-13-4-6-18(7-5-13)10-12-8-11(12)9-16/h11-13H,4-10,16H2,1-3H3,(H,17,19)/t11-,12?/m1/s1. The fraction of sp³-hybridized carbons (Fsp3) is 0.933. The van der Waals surface area contributed by atoms with Crippen molar-refractivity contribution >= 4 is 6.09 Å². The Morgan fingerprint density at radius 2 is 1.95 bits per heavy atom. The summed E-state index contributed by atoms with van der Waals surface area (Å²) >= 11 is 0.